The van der Waals surface area contributed by atoms with Crippen LogP contribution >= 0.6 is 22.7 Å². The fraction of sp³-hybridized carbons (Fsp3) is 0.0328. The van der Waals surface area contributed by atoms with E-state index >= 15 is 0 Å². The zero-order valence-corrected chi connectivity index (χ0v) is 37.3. The van der Waals surface area contributed by atoms with E-state index in [0.717, 1.165) is 44.6 Å². The van der Waals surface area contributed by atoms with Crippen LogP contribution in [0.5, 0.6) is 0 Å². The Morgan fingerprint density at radius 2 is 1.06 bits per heavy atom. The quantitative estimate of drug-likeness (QED) is 0.112. The molecule has 1 atom stereocenters. The highest BCUT2D eigenvalue weighted by atomic mass is 32.1. The predicted octanol–water partition coefficient (Wildman–Crippen LogP) is 17.8. The number of aliphatic imine (C=N–C) groups is 1. The van der Waals surface area contributed by atoms with E-state index in [-0.39, 0.29) is 0 Å². The molecule has 1 unspecified atom stereocenters. The molecule has 0 saturated carbocycles. The van der Waals surface area contributed by atoms with Crippen molar-refractivity contribution in [1.82, 2.24) is 4.57 Å². The molecule has 0 spiro atoms. The summed E-state index contributed by atoms with van der Waals surface area (Å²) in [5.74, 6) is 0. The summed E-state index contributed by atoms with van der Waals surface area (Å²) in [4.78, 5) is 5.83. The topological polar surface area (TPSA) is 17.3 Å². The van der Waals surface area contributed by atoms with Crippen molar-refractivity contribution in [2.24, 2.45) is 4.99 Å². The molecule has 0 aliphatic carbocycles. The molecule has 0 N–H and O–H groups in total. The van der Waals surface area contributed by atoms with E-state index < -0.39 is 6.04 Å². The van der Waals surface area contributed by atoms with Crippen LogP contribution in [0.15, 0.2) is 218 Å². The maximum atomic E-state index is 5.83. The predicted molar refractivity (Wildman–Crippen MR) is 285 cm³/mol. The van der Waals surface area contributed by atoms with E-state index in [4.69, 9.17) is 18.2 Å². The molecule has 0 saturated heterocycles. The second kappa shape index (κ2) is 14.7. The van der Waals surface area contributed by atoms with Crippen LogP contribution in [0.3, 0.4) is 0 Å². The normalized spacial score (nSPS) is 12.8. The minimum Gasteiger partial charge on any atom is -0.309 e. The van der Waals surface area contributed by atoms with Gasteiger partial charge in [-0.15, -0.1) is 22.7 Å². The van der Waals surface area contributed by atoms with Gasteiger partial charge in [0.15, 0.2) is 0 Å². The van der Waals surface area contributed by atoms with Crippen LogP contribution in [0.4, 0.5) is 0 Å². The zero-order chi connectivity index (χ0) is 43.3. The van der Waals surface area contributed by atoms with E-state index in [2.05, 4.69) is 206 Å². The molecule has 0 aliphatic heterocycles. The summed E-state index contributed by atoms with van der Waals surface area (Å²) in [6, 6.07) is 70.5. The minimum absolute atomic E-state index is 0.398. The Kier molecular flexibility index (Phi) is 8.58. The summed E-state index contributed by atoms with van der Waals surface area (Å²) in [7, 11) is 0. The first-order chi connectivity index (χ1) is 32.0. The third-order valence-corrected chi connectivity index (χ3v) is 15.8. The third kappa shape index (κ3) is 5.95. The molecule has 3 heterocycles. The Labute approximate surface area is 384 Å². The average Bonchev–Trinajstić information content (AvgIpc) is 4.03. The van der Waals surface area contributed by atoms with Crippen LogP contribution in [0, 0.1) is 0 Å². The number of thiophene rings is 2. The lowest BCUT2D eigenvalue weighted by atomic mass is 9.88. The van der Waals surface area contributed by atoms with Gasteiger partial charge in [-0.05, 0) is 110 Å². The lowest BCUT2D eigenvalue weighted by Crippen LogP contribution is -2.07. The van der Waals surface area contributed by atoms with E-state index in [9.17, 15) is 0 Å². The van der Waals surface area contributed by atoms with Crippen LogP contribution < -0.4 is 0 Å². The van der Waals surface area contributed by atoms with Gasteiger partial charge in [0, 0.05) is 68.1 Å². The number of hydrogen-bond acceptors (Lipinski definition) is 3. The standard InChI is InChI=1S/C61H40N2S2/c1-36(45-24-14-19-39-15-6-8-20-46(39)45)37(2)61(43-27-29-49-48-22-10-12-25-55(48)64-57(49)33-43)62-38(3)51-34-44(35-58-60(51)50-23-11-13-26-56(50)65-58)63-53-30-28-40-16-7-9-21-47(40)59(53)52-31-41-17-4-5-18-42(41)32-54(52)63/h4-35,61H,1-2H2,3H3/b62-38+. The fourth-order valence-corrected chi connectivity index (χ4v) is 12.7. The lowest BCUT2D eigenvalue weighted by molar-refractivity contribution is 0.883. The molecule has 0 radical (unpaired) electrons. The van der Waals surface area contributed by atoms with E-state index in [0.29, 0.717) is 0 Å². The molecule has 0 bridgehead atoms. The van der Waals surface area contributed by atoms with Gasteiger partial charge in [-0.1, -0.05) is 159 Å². The number of nitrogens with zero attached hydrogens (tertiary/aromatic N) is 2. The number of aromatic nitrogens is 1. The Bertz CT molecular complexity index is 4190. The molecular formula is C61H40N2S2. The van der Waals surface area contributed by atoms with Gasteiger partial charge in [0.05, 0.1) is 11.0 Å². The van der Waals surface area contributed by atoms with Gasteiger partial charge < -0.3 is 4.57 Å². The first kappa shape index (κ1) is 37.9. The highest BCUT2D eigenvalue weighted by molar-refractivity contribution is 7.26. The molecule has 13 rings (SSSR count). The van der Waals surface area contributed by atoms with Gasteiger partial charge in [0.1, 0.15) is 6.04 Å². The van der Waals surface area contributed by atoms with Gasteiger partial charge in [-0.2, -0.15) is 0 Å². The summed E-state index contributed by atoms with van der Waals surface area (Å²) < 4.78 is 7.49. The number of benzene rings is 10. The summed E-state index contributed by atoms with van der Waals surface area (Å²) in [6.07, 6.45) is 0. The fourth-order valence-electron chi connectivity index (χ4n) is 10.4. The zero-order valence-electron chi connectivity index (χ0n) is 35.7. The number of rotatable bonds is 7. The number of hydrogen-bond donors (Lipinski definition) is 0. The second-order valence-electron chi connectivity index (χ2n) is 17.2. The van der Waals surface area contributed by atoms with Crippen molar-refractivity contribution >= 4 is 128 Å². The SMILES string of the molecule is C=C(C(=C)C(/N=C(\C)c1cc(-n2c3cc4ccccc4cc3c3c4ccccc4ccc32)cc2sc3ccccc3c12)c1ccc2c(c1)sc1ccccc12)c1cccc2ccccc12. The first-order valence-electron chi connectivity index (χ1n) is 22.1. The summed E-state index contributed by atoms with van der Waals surface area (Å²) >= 11 is 3.68. The molecule has 0 amide bonds. The van der Waals surface area contributed by atoms with Gasteiger partial charge >= 0.3 is 0 Å². The smallest absolute Gasteiger partial charge is 0.100 e. The largest absolute Gasteiger partial charge is 0.309 e. The van der Waals surface area contributed by atoms with Crippen LogP contribution in [0.1, 0.15) is 29.7 Å². The Balaban J connectivity index is 1.06. The van der Waals surface area contributed by atoms with Crippen molar-refractivity contribution in [3.8, 4) is 5.69 Å². The summed E-state index contributed by atoms with van der Waals surface area (Å²) in [6.45, 7) is 11.8. The van der Waals surface area contributed by atoms with Crippen molar-refractivity contribution in [1.29, 1.82) is 0 Å². The molecular weight excluding hydrogens is 825 g/mol. The van der Waals surface area contributed by atoms with Gasteiger partial charge in [-0.25, -0.2) is 0 Å². The maximum absolute atomic E-state index is 5.83. The molecule has 0 fully saturated rings. The molecule has 4 heteroatoms. The molecule has 0 aliphatic rings. The molecule has 13 aromatic rings. The molecule has 3 aromatic heterocycles. The first-order valence-corrected chi connectivity index (χ1v) is 23.7. The van der Waals surface area contributed by atoms with Crippen LogP contribution in [-0.2, 0) is 0 Å². The average molecular weight is 865 g/mol. The Morgan fingerprint density at radius 1 is 0.446 bits per heavy atom. The van der Waals surface area contributed by atoms with E-state index in [1.807, 2.05) is 22.7 Å². The molecule has 10 aromatic carbocycles. The lowest BCUT2D eigenvalue weighted by Gasteiger charge is -2.21. The van der Waals surface area contributed by atoms with E-state index in [1.54, 1.807) is 0 Å². The minimum atomic E-state index is -0.398. The van der Waals surface area contributed by atoms with Crippen molar-refractivity contribution in [3.63, 3.8) is 0 Å². The van der Waals surface area contributed by atoms with Gasteiger partial charge in [0.25, 0.3) is 0 Å². The third-order valence-electron chi connectivity index (χ3n) is 13.5. The number of fused-ring (bicyclic) bond motifs is 13. The van der Waals surface area contributed by atoms with Gasteiger partial charge in [0.2, 0.25) is 0 Å². The monoisotopic (exact) mass is 864 g/mol. The molecule has 2 nitrogen and oxygen atoms in total. The van der Waals surface area contributed by atoms with Crippen molar-refractivity contribution in [2.75, 3.05) is 0 Å². The van der Waals surface area contributed by atoms with Crippen molar-refractivity contribution in [3.05, 3.63) is 230 Å². The van der Waals surface area contributed by atoms with Crippen LogP contribution in [-0.4, -0.2) is 10.3 Å². The molecule has 306 valence electrons. The second-order valence-corrected chi connectivity index (χ2v) is 19.4. The summed E-state index contributed by atoms with van der Waals surface area (Å²) in [5, 5.41) is 14.8. The maximum Gasteiger partial charge on any atom is 0.100 e. The van der Waals surface area contributed by atoms with Gasteiger partial charge in [-0.3, -0.25) is 4.99 Å². The van der Waals surface area contributed by atoms with Crippen LogP contribution in [0.25, 0.3) is 106 Å². The van der Waals surface area contributed by atoms with E-state index in [1.165, 1.54) is 89.1 Å². The highest BCUT2D eigenvalue weighted by Gasteiger charge is 2.24. The van der Waals surface area contributed by atoms with Crippen molar-refractivity contribution < 1.29 is 0 Å². The summed E-state index contributed by atoms with van der Waals surface area (Å²) in [5.41, 5.74) is 9.49. The molecule has 65 heavy (non-hydrogen) atoms. The van der Waals surface area contributed by atoms with Crippen LogP contribution in [0.2, 0.25) is 0 Å². The highest BCUT2D eigenvalue weighted by Crippen LogP contribution is 2.45. The Morgan fingerprint density at radius 3 is 1.86 bits per heavy atom. The Hall–Kier alpha value is -7.63. The van der Waals surface area contributed by atoms with Crippen molar-refractivity contribution in [2.45, 2.75) is 13.0 Å².